The number of rotatable bonds is 7. The predicted octanol–water partition coefficient (Wildman–Crippen LogP) is 1.06. The highest BCUT2D eigenvalue weighted by atomic mass is 16.6. The molecule has 0 heterocycles. The molecule has 0 aromatic heterocycles. The number of aliphatic hydroxyl groups is 1. The molecule has 0 aromatic rings. The molecule has 0 bridgehead atoms. The fourth-order valence-corrected chi connectivity index (χ4v) is 0.830. The van der Waals surface area contributed by atoms with Crippen LogP contribution in [0.25, 0.3) is 0 Å². The minimum atomic E-state index is -1.01. The lowest BCUT2D eigenvalue weighted by atomic mass is 10.1. The second kappa shape index (κ2) is 7.84. The molecule has 2 atom stereocenters. The molecule has 0 saturated carbocycles. The van der Waals surface area contributed by atoms with E-state index in [-0.39, 0.29) is 30.7 Å². The topological polar surface area (TPSA) is 72.8 Å². The summed E-state index contributed by atoms with van der Waals surface area (Å²) in [4.78, 5) is 22.3. The molecule has 98 valence electrons. The van der Waals surface area contributed by atoms with E-state index in [2.05, 4.69) is 6.58 Å². The van der Waals surface area contributed by atoms with Crippen LogP contribution in [0.3, 0.4) is 0 Å². The minimum absolute atomic E-state index is 0.174. The van der Waals surface area contributed by atoms with E-state index in [0.29, 0.717) is 6.42 Å². The van der Waals surface area contributed by atoms with Gasteiger partial charge in [0, 0.05) is 5.57 Å². The Kier molecular flexibility index (Phi) is 7.21. The Hall–Kier alpha value is -1.36. The second-order valence-corrected chi connectivity index (χ2v) is 3.97. The summed E-state index contributed by atoms with van der Waals surface area (Å²) in [5, 5.41) is 9.40. The Morgan fingerprint density at radius 3 is 2.29 bits per heavy atom. The molecule has 0 fully saturated rings. The normalized spacial score (nSPS) is 13.6. The lowest BCUT2D eigenvalue weighted by molar-refractivity contribution is -0.153. The molecule has 0 spiro atoms. The number of hydrogen-bond acceptors (Lipinski definition) is 5. The zero-order chi connectivity index (χ0) is 13.4. The van der Waals surface area contributed by atoms with Crippen molar-refractivity contribution in [3.8, 4) is 0 Å². The summed E-state index contributed by atoms with van der Waals surface area (Å²) in [6.45, 7) is 8.15. The number of esters is 2. The maximum Gasteiger partial charge on any atom is 0.333 e. The van der Waals surface area contributed by atoms with Gasteiger partial charge in [0.05, 0.1) is 5.92 Å². The fraction of sp³-hybridized carbons (Fsp3) is 0.667. The van der Waals surface area contributed by atoms with Gasteiger partial charge in [-0.3, -0.25) is 4.79 Å². The van der Waals surface area contributed by atoms with Crippen molar-refractivity contribution in [2.24, 2.45) is 5.92 Å². The summed E-state index contributed by atoms with van der Waals surface area (Å²) in [5.41, 5.74) is 0.258. The molecule has 0 aliphatic carbocycles. The second-order valence-electron chi connectivity index (χ2n) is 3.97. The molecular formula is C12H20O5. The van der Waals surface area contributed by atoms with Crippen LogP contribution < -0.4 is 0 Å². The fourth-order valence-electron chi connectivity index (χ4n) is 0.830. The van der Waals surface area contributed by atoms with Crippen LogP contribution in [0.15, 0.2) is 12.2 Å². The molecule has 0 aliphatic heterocycles. The predicted molar refractivity (Wildman–Crippen MR) is 62.2 cm³/mol. The zero-order valence-corrected chi connectivity index (χ0v) is 10.6. The van der Waals surface area contributed by atoms with E-state index in [4.69, 9.17) is 9.47 Å². The lowest BCUT2D eigenvalue weighted by Gasteiger charge is -2.13. The summed E-state index contributed by atoms with van der Waals surface area (Å²) in [6.07, 6.45) is -0.328. The minimum Gasteiger partial charge on any atom is -0.463 e. The van der Waals surface area contributed by atoms with E-state index in [1.807, 2.05) is 6.92 Å². The van der Waals surface area contributed by atoms with Crippen LogP contribution in [0.5, 0.6) is 0 Å². The van der Waals surface area contributed by atoms with Gasteiger partial charge in [-0.1, -0.05) is 20.4 Å². The molecule has 1 N–H and O–H groups in total. The third kappa shape index (κ3) is 6.73. The lowest BCUT2D eigenvalue weighted by Crippen LogP contribution is -2.27. The summed E-state index contributed by atoms with van der Waals surface area (Å²) in [7, 11) is 0. The van der Waals surface area contributed by atoms with E-state index >= 15 is 0 Å². The van der Waals surface area contributed by atoms with E-state index < -0.39 is 12.1 Å². The quantitative estimate of drug-likeness (QED) is 0.535. The van der Waals surface area contributed by atoms with Crippen molar-refractivity contribution in [1.29, 1.82) is 0 Å². The average molecular weight is 244 g/mol. The van der Waals surface area contributed by atoms with Crippen molar-refractivity contribution < 1.29 is 24.2 Å². The Morgan fingerprint density at radius 2 is 1.82 bits per heavy atom. The number of carbonyl (C=O) groups excluding carboxylic acids is 2. The van der Waals surface area contributed by atoms with E-state index in [1.54, 1.807) is 6.92 Å². The first-order valence-electron chi connectivity index (χ1n) is 5.55. The van der Waals surface area contributed by atoms with Gasteiger partial charge < -0.3 is 14.6 Å². The highest BCUT2D eigenvalue weighted by molar-refractivity contribution is 5.86. The third-order valence-corrected chi connectivity index (χ3v) is 2.19. The van der Waals surface area contributed by atoms with Crippen LogP contribution in [-0.2, 0) is 19.1 Å². The van der Waals surface area contributed by atoms with Crippen LogP contribution in [0, 0.1) is 5.92 Å². The number of hydrogen-bond donors (Lipinski definition) is 1. The summed E-state index contributed by atoms with van der Waals surface area (Å²) >= 11 is 0. The first-order valence-corrected chi connectivity index (χ1v) is 5.55. The summed E-state index contributed by atoms with van der Waals surface area (Å²) in [5.74, 6) is -1.13. The van der Waals surface area contributed by atoms with Gasteiger partial charge in [0.1, 0.15) is 19.3 Å². The van der Waals surface area contributed by atoms with Gasteiger partial charge in [-0.25, -0.2) is 4.79 Å². The monoisotopic (exact) mass is 244 g/mol. The van der Waals surface area contributed by atoms with E-state index in [0.717, 1.165) is 0 Å². The maximum atomic E-state index is 11.3. The SMILES string of the molecule is C=C(C)C(=O)OCC(O)COC(=O)C(C)CC. The van der Waals surface area contributed by atoms with Crippen molar-refractivity contribution in [2.75, 3.05) is 13.2 Å². The smallest absolute Gasteiger partial charge is 0.333 e. The molecule has 0 aromatic carbocycles. The Morgan fingerprint density at radius 1 is 1.29 bits per heavy atom. The van der Waals surface area contributed by atoms with Crippen LogP contribution in [-0.4, -0.2) is 36.4 Å². The Labute approximate surface area is 101 Å². The molecule has 5 heteroatoms. The van der Waals surface area contributed by atoms with Gasteiger partial charge in [-0.05, 0) is 13.3 Å². The summed E-state index contributed by atoms with van der Waals surface area (Å²) in [6, 6.07) is 0. The maximum absolute atomic E-state index is 11.3. The van der Waals surface area contributed by atoms with Crippen LogP contribution in [0.1, 0.15) is 27.2 Å². The van der Waals surface area contributed by atoms with Crippen molar-refractivity contribution in [2.45, 2.75) is 33.3 Å². The van der Waals surface area contributed by atoms with E-state index in [9.17, 15) is 14.7 Å². The van der Waals surface area contributed by atoms with Crippen molar-refractivity contribution in [1.82, 2.24) is 0 Å². The van der Waals surface area contributed by atoms with Gasteiger partial charge in [0.2, 0.25) is 0 Å². The van der Waals surface area contributed by atoms with Crippen molar-refractivity contribution in [3.63, 3.8) is 0 Å². The molecule has 0 saturated heterocycles. The van der Waals surface area contributed by atoms with Gasteiger partial charge in [0.25, 0.3) is 0 Å². The largest absolute Gasteiger partial charge is 0.463 e. The molecule has 0 rings (SSSR count). The molecule has 17 heavy (non-hydrogen) atoms. The molecular weight excluding hydrogens is 224 g/mol. The zero-order valence-electron chi connectivity index (χ0n) is 10.6. The van der Waals surface area contributed by atoms with E-state index in [1.165, 1.54) is 6.92 Å². The Balaban J connectivity index is 3.80. The first-order chi connectivity index (χ1) is 7.88. The molecule has 2 unspecified atom stereocenters. The third-order valence-electron chi connectivity index (χ3n) is 2.19. The Bertz CT molecular complexity index is 285. The first kappa shape index (κ1) is 15.6. The van der Waals surface area contributed by atoms with Crippen LogP contribution in [0.4, 0.5) is 0 Å². The molecule has 0 aliphatic rings. The number of aliphatic hydroxyl groups excluding tert-OH is 1. The number of carbonyl (C=O) groups is 2. The van der Waals surface area contributed by atoms with Crippen molar-refractivity contribution in [3.05, 3.63) is 12.2 Å². The van der Waals surface area contributed by atoms with Gasteiger partial charge in [0.15, 0.2) is 0 Å². The number of ether oxygens (including phenoxy) is 2. The highest BCUT2D eigenvalue weighted by Gasteiger charge is 2.15. The summed E-state index contributed by atoms with van der Waals surface area (Å²) < 4.78 is 9.55. The van der Waals surface area contributed by atoms with Crippen LogP contribution >= 0.6 is 0 Å². The standard InChI is InChI=1S/C12H20O5/c1-5-9(4)12(15)17-7-10(13)6-16-11(14)8(2)3/h9-10,13H,2,5-7H2,1,3-4H3. The highest BCUT2D eigenvalue weighted by Crippen LogP contribution is 2.04. The molecule has 5 nitrogen and oxygen atoms in total. The van der Waals surface area contributed by atoms with Gasteiger partial charge >= 0.3 is 11.9 Å². The molecule has 0 radical (unpaired) electrons. The van der Waals surface area contributed by atoms with Gasteiger partial charge in [-0.15, -0.1) is 0 Å². The average Bonchev–Trinajstić information content (AvgIpc) is 2.31. The van der Waals surface area contributed by atoms with Crippen LogP contribution in [0.2, 0.25) is 0 Å². The molecule has 0 amide bonds. The van der Waals surface area contributed by atoms with Gasteiger partial charge in [-0.2, -0.15) is 0 Å². The van der Waals surface area contributed by atoms with Crippen molar-refractivity contribution >= 4 is 11.9 Å².